The van der Waals surface area contributed by atoms with Gasteiger partial charge in [-0.2, -0.15) is 13.2 Å². The van der Waals surface area contributed by atoms with Crippen molar-refractivity contribution in [3.8, 4) is 0 Å². The number of benzene rings is 1. The van der Waals surface area contributed by atoms with Gasteiger partial charge in [0.2, 0.25) is 10.0 Å². The third-order valence-corrected chi connectivity index (χ3v) is 6.10. The van der Waals surface area contributed by atoms with Gasteiger partial charge in [0.05, 0.1) is 11.3 Å². The summed E-state index contributed by atoms with van der Waals surface area (Å²) >= 11 is 1.49. The fourth-order valence-electron chi connectivity index (χ4n) is 2.71. The van der Waals surface area contributed by atoms with Crippen LogP contribution in [0.5, 0.6) is 0 Å². The summed E-state index contributed by atoms with van der Waals surface area (Å²) in [5.74, 6) is -0.348. The molecule has 5 nitrogen and oxygen atoms in total. The molecule has 136 valence electrons. The zero-order chi connectivity index (χ0) is 18.1. The minimum absolute atomic E-state index is 0.233. The fraction of sp³-hybridized carbons (Fsp3) is 0.400. The van der Waals surface area contributed by atoms with Crippen LogP contribution in [-0.4, -0.2) is 32.5 Å². The summed E-state index contributed by atoms with van der Waals surface area (Å²) in [5.41, 5.74) is -0.480. The van der Waals surface area contributed by atoms with E-state index >= 15 is 0 Å². The van der Waals surface area contributed by atoms with Gasteiger partial charge in [-0.05, 0) is 24.1 Å². The third-order valence-electron chi connectivity index (χ3n) is 3.86. The quantitative estimate of drug-likeness (QED) is 0.851. The number of rotatable bonds is 5. The maximum absolute atomic E-state index is 12.5. The van der Waals surface area contributed by atoms with Gasteiger partial charge < -0.3 is 4.90 Å². The van der Waals surface area contributed by atoms with Gasteiger partial charge in [-0.25, -0.2) is 18.1 Å². The molecule has 3 rings (SSSR count). The van der Waals surface area contributed by atoms with Crippen LogP contribution in [0.2, 0.25) is 0 Å². The molecule has 1 fully saturated rings. The van der Waals surface area contributed by atoms with Gasteiger partial charge in [0, 0.05) is 30.7 Å². The van der Waals surface area contributed by atoms with Gasteiger partial charge in [-0.3, -0.25) is 0 Å². The Morgan fingerprint density at radius 2 is 2.00 bits per heavy atom. The van der Waals surface area contributed by atoms with Gasteiger partial charge in [0.25, 0.3) is 0 Å². The normalized spacial score (nSPS) is 18.7. The molecule has 0 aliphatic carbocycles. The van der Waals surface area contributed by atoms with Gasteiger partial charge in [-0.1, -0.05) is 12.1 Å². The summed E-state index contributed by atoms with van der Waals surface area (Å²) in [5, 5.41) is 2.71. The van der Waals surface area contributed by atoms with E-state index in [1.807, 2.05) is 10.3 Å². The summed E-state index contributed by atoms with van der Waals surface area (Å²) < 4.78 is 64.8. The highest BCUT2D eigenvalue weighted by molar-refractivity contribution is 7.88. The van der Waals surface area contributed by atoms with Crippen molar-refractivity contribution in [3.63, 3.8) is 0 Å². The number of hydrogen-bond donors (Lipinski definition) is 1. The predicted octanol–water partition coefficient (Wildman–Crippen LogP) is 2.86. The Labute approximate surface area is 147 Å². The fourth-order valence-corrected chi connectivity index (χ4v) is 4.80. The Balaban J connectivity index is 1.59. The molecule has 1 unspecified atom stereocenters. The van der Waals surface area contributed by atoms with E-state index in [1.54, 1.807) is 6.20 Å². The van der Waals surface area contributed by atoms with E-state index in [1.165, 1.54) is 23.5 Å². The first-order valence-electron chi connectivity index (χ1n) is 7.53. The maximum Gasteiger partial charge on any atom is 0.416 e. The van der Waals surface area contributed by atoms with E-state index in [4.69, 9.17) is 0 Å². The first kappa shape index (κ1) is 18.2. The van der Waals surface area contributed by atoms with E-state index in [-0.39, 0.29) is 11.8 Å². The summed E-state index contributed by atoms with van der Waals surface area (Å²) in [6.45, 7) is 1.24. The number of anilines is 1. The summed E-state index contributed by atoms with van der Waals surface area (Å²) in [6, 6.07) is 3.94. The van der Waals surface area contributed by atoms with E-state index in [2.05, 4.69) is 9.71 Å². The largest absolute Gasteiger partial charge is 0.416 e. The molecule has 1 aliphatic rings. The van der Waals surface area contributed by atoms with Crippen molar-refractivity contribution in [2.45, 2.75) is 24.4 Å². The minimum Gasteiger partial charge on any atom is -0.346 e. The molecule has 1 aliphatic heterocycles. The van der Waals surface area contributed by atoms with Crippen LogP contribution in [0.4, 0.5) is 18.3 Å². The van der Waals surface area contributed by atoms with Crippen LogP contribution >= 0.6 is 11.3 Å². The molecule has 0 radical (unpaired) electrons. The van der Waals surface area contributed by atoms with Crippen LogP contribution in [0.1, 0.15) is 17.5 Å². The van der Waals surface area contributed by atoms with E-state index < -0.39 is 21.8 Å². The molecule has 1 N–H and O–H groups in total. The average molecular weight is 391 g/mol. The Hall–Kier alpha value is -1.65. The first-order chi connectivity index (χ1) is 11.7. The van der Waals surface area contributed by atoms with Crippen molar-refractivity contribution in [2.24, 2.45) is 0 Å². The summed E-state index contributed by atoms with van der Waals surface area (Å²) in [7, 11) is -3.63. The Bertz CT molecular complexity index is 806. The zero-order valence-electron chi connectivity index (χ0n) is 13.0. The Morgan fingerprint density at radius 3 is 2.60 bits per heavy atom. The highest BCUT2D eigenvalue weighted by Gasteiger charge is 2.31. The highest BCUT2D eigenvalue weighted by atomic mass is 32.2. The number of nitrogens with one attached hydrogen (secondary N) is 1. The predicted molar refractivity (Wildman–Crippen MR) is 89.9 cm³/mol. The topological polar surface area (TPSA) is 62.3 Å². The standard InChI is InChI=1S/C15H16F3N3O2S2/c16-15(17,18)12-3-1-11(2-4-12)10-25(22,23)20-13-5-7-21(9-13)14-19-6-8-24-14/h1-4,6,8,13,20H,5,7,9-10H2. The minimum atomic E-state index is -4.43. The third kappa shape index (κ3) is 4.71. The second-order valence-corrected chi connectivity index (χ2v) is 8.44. The molecule has 1 saturated heterocycles. The number of nitrogens with zero attached hydrogens (tertiary/aromatic N) is 2. The lowest BCUT2D eigenvalue weighted by atomic mass is 10.1. The number of sulfonamides is 1. The van der Waals surface area contributed by atoms with Crippen molar-refractivity contribution in [2.75, 3.05) is 18.0 Å². The van der Waals surface area contributed by atoms with E-state index in [0.29, 0.717) is 25.1 Å². The first-order valence-corrected chi connectivity index (χ1v) is 10.1. The molecule has 0 amide bonds. The van der Waals surface area contributed by atoms with Gasteiger partial charge in [0.1, 0.15) is 0 Å². The number of halogens is 3. The van der Waals surface area contributed by atoms with Gasteiger partial charge in [0.15, 0.2) is 5.13 Å². The second-order valence-electron chi connectivity index (χ2n) is 5.82. The Morgan fingerprint density at radius 1 is 1.28 bits per heavy atom. The highest BCUT2D eigenvalue weighted by Crippen LogP contribution is 2.29. The van der Waals surface area contributed by atoms with Crippen LogP contribution in [0.15, 0.2) is 35.8 Å². The number of thiazole rings is 1. The van der Waals surface area contributed by atoms with Crippen molar-refractivity contribution >= 4 is 26.5 Å². The molecule has 25 heavy (non-hydrogen) atoms. The summed E-state index contributed by atoms with van der Waals surface area (Å²) in [6.07, 6.45) is -2.08. The van der Waals surface area contributed by atoms with Crippen molar-refractivity contribution in [3.05, 3.63) is 47.0 Å². The zero-order valence-corrected chi connectivity index (χ0v) is 14.7. The van der Waals surface area contributed by atoms with Crippen LogP contribution in [0.3, 0.4) is 0 Å². The molecule has 0 saturated carbocycles. The van der Waals surface area contributed by atoms with Crippen LogP contribution < -0.4 is 9.62 Å². The average Bonchev–Trinajstić information content (AvgIpc) is 3.16. The van der Waals surface area contributed by atoms with E-state index in [0.717, 1.165) is 17.3 Å². The molecule has 10 heteroatoms. The van der Waals surface area contributed by atoms with Crippen LogP contribution in [0, 0.1) is 0 Å². The lowest BCUT2D eigenvalue weighted by Crippen LogP contribution is -2.37. The van der Waals surface area contributed by atoms with Crippen molar-refractivity contribution in [1.82, 2.24) is 9.71 Å². The molecular weight excluding hydrogens is 375 g/mol. The second kappa shape index (κ2) is 6.93. The Kier molecular flexibility index (Phi) is 5.03. The maximum atomic E-state index is 12.5. The number of aromatic nitrogens is 1. The van der Waals surface area contributed by atoms with E-state index in [9.17, 15) is 21.6 Å². The molecule has 0 bridgehead atoms. The molecule has 1 aromatic carbocycles. The molecular formula is C15H16F3N3O2S2. The molecule has 0 spiro atoms. The van der Waals surface area contributed by atoms with Gasteiger partial charge in [-0.15, -0.1) is 11.3 Å². The number of alkyl halides is 3. The van der Waals surface area contributed by atoms with Gasteiger partial charge >= 0.3 is 6.18 Å². The number of hydrogen-bond acceptors (Lipinski definition) is 5. The lowest BCUT2D eigenvalue weighted by Gasteiger charge is -2.16. The van der Waals surface area contributed by atoms with Crippen LogP contribution in [0.25, 0.3) is 0 Å². The molecule has 1 aromatic heterocycles. The smallest absolute Gasteiger partial charge is 0.346 e. The lowest BCUT2D eigenvalue weighted by molar-refractivity contribution is -0.137. The summed E-state index contributed by atoms with van der Waals surface area (Å²) in [4.78, 5) is 6.21. The molecule has 2 heterocycles. The molecule has 1 atom stereocenters. The monoisotopic (exact) mass is 391 g/mol. The van der Waals surface area contributed by atoms with Crippen molar-refractivity contribution in [1.29, 1.82) is 0 Å². The van der Waals surface area contributed by atoms with Crippen LogP contribution in [-0.2, 0) is 22.0 Å². The SMILES string of the molecule is O=S(=O)(Cc1ccc(C(F)(F)F)cc1)NC1CCN(c2nccs2)C1. The van der Waals surface area contributed by atoms with Crippen molar-refractivity contribution < 1.29 is 21.6 Å². The molecule has 2 aromatic rings.